The van der Waals surface area contributed by atoms with E-state index in [0.717, 1.165) is 22.5 Å². The predicted octanol–water partition coefficient (Wildman–Crippen LogP) is 3.89. The highest BCUT2D eigenvalue weighted by atomic mass is 79.9. The molecule has 1 aliphatic carbocycles. The number of carbonyl (C=O) groups is 1. The molecule has 0 radical (unpaired) electrons. The minimum Gasteiger partial charge on any atom is -0.373 e. The summed E-state index contributed by atoms with van der Waals surface area (Å²) >= 11 is 3.55. The van der Waals surface area contributed by atoms with Gasteiger partial charge >= 0.3 is 0 Å². The lowest BCUT2D eigenvalue weighted by atomic mass is 9.85. The van der Waals surface area contributed by atoms with Gasteiger partial charge in [0.2, 0.25) is 0 Å². The molecule has 1 fully saturated rings. The SMILES string of the molecule is CC(=O)c1ccc(N(C)CC2CCC2)c(Br)c1. The van der Waals surface area contributed by atoms with Crippen molar-refractivity contribution in [1.29, 1.82) is 0 Å². The van der Waals surface area contributed by atoms with Crippen molar-refractivity contribution >= 4 is 27.4 Å². The van der Waals surface area contributed by atoms with Crippen LogP contribution in [-0.4, -0.2) is 19.4 Å². The number of ketones is 1. The van der Waals surface area contributed by atoms with Crippen LogP contribution in [0, 0.1) is 5.92 Å². The fraction of sp³-hybridized carbons (Fsp3) is 0.500. The Hall–Kier alpha value is -0.830. The summed E-state index contributed by atoms with van der Waals surface area (Å²) in [6.45, 7) is 2.71. The van der Waals surface area contributed by atoms with Crippen molar-refractivity contribution in [3.8, 4) is 0 Å². The number of hydrogen-bond acceptors (Lipinski definition) is 2. The van der Waals surface area contributed by atoms with Crippen LogP contribution in [0.1, 0.15) is 36.5 Å². The van der Waals surface area contributed by atoms with Crippen molar-refractivity contribution in [3.63, 3.8) is 0 Å². The van der Waals surface area contributed by atoms with Gasteiger partial charge in [-0.25, -0.2) is 0 Å². The van der Waals surface area contributed by atoms with Gasteiger partial charge in [0.05, 0.1) is 5.69 Å². The zero-order valence-electron chi connectivity index (χ0n) is 10.4. The van der Waals surface area contributed by atoms with E-state index in [1.807, 2.05) is 18.2 Å². The minimum atomic E-state index is 0.110. The van der Waals surface area contributed by atoms with Gasteiger partial charge in [0.1, 0.15) is 0 Å². The molecule has 1 aromatic rings. The number of benzene rings is 1. The van der Waals surface area contributed by atoms with Crippen molar-refractivity contribution in [2.75, 3.05) is 18.5 Å². The molecule has 1 aliphatic rings. The summed E-state index contributed by atoms with van der Waals surface area (Å²) in [4.78, 5) is 13.6. The fourth-order valence-electron chi connectivity index (χ4n) is 2.20. The highest BCUT2D eigenvalue weighted by Crippen LogP contribution is 2.31. The minimum absolute atomic E-state index is 0.110. The van der Waals surface area contributed by atoms with E-state index in [0.29, 0.717) is 0 Å². The highest BCUT2D eigenvalue weighted by molar-refractivity contribution is 9.10. The second-order valence-corrected chi connectivity index (χ2v) is 5.75. The Morgan fingerprint density at radius 2 is 2.18 bits per heavy atom. The van der Waals surface area contributed by atoms with Crippen molar-refractivity contribution in [3.05, 3.63) is 28.2 Å². The molecule has 17 heavy (non-hydrogen) atoms. The molecule has 0 heterocycles. The van der Waals surface area contributed by atoms with Crippen molar-refractivity contribution in [2.45, 2.75) is 26.2 Å². The summed E-state index contributed by atoms with van der Waals surface area (Å²) in [6, 6.07) is 5.84. The number of carbonyl (C=O) groups excluding carboxylic acids is 1. The van der Waals surface area contributed by atoms with E-state index < -0.39 is 0 Å². The van der Waals surface area contributed by atoms with Gasteiger partial charge < -0.3 is 4.90 Å². The van der Waals surface area contributed by atoms with Crippen molar-refractivity contribution < 1.29 is 4.79 Å². The third-order valence-corrected chi connectivity index (χ3v) is 4.16. The number of halogens is 1. The lowest BCUT2D eigenvalue weighted by molar-refractivity contribution is 0.101. The molecule has 0 atom stereocenters. The molecule has 0 bridgehead atoms. The van der Waals surface area contributed by atoms with E-state index in [1.165, 1.54) is 24.9 Å². The van der Waals surface area contributed by atoms with Gasteiger partial charge in [-0.15, -0.1) is 0 Å². The van der Waals surface area contributed by atoms with E-state index in [1.54, 1.807) is 6.92 Å². The summed E-state index contributed by atoms with van der Waals surface area (Å²) in [5.41, 5.74) is 1.93. The Labute approximate surface area is 111 Å². The van der Waals surface area contributed by atoms with Gasteiger partial charge in [0.25, 0.3) is 0 Å². The van der Waals surface area contributed by atoms with Gasteiger partial charge in [-0.05, 0) is 59.8 Å². The fourth-order valence-corrected chi connectivity index (χ4v) is 2.88. The Morgan fingerprint density at radius 1 is 1.47 bits per heavy atom. The second kappa shape index (κ2) is 5.21. The number of Topliss-reactive ketones (excluding diaryl/α,β-unsaturated/α-hetero) is 1. The van der Waals surface area contributed by atoms with E-state index in [2.05, 4.69) is 27.9 Å². The quantitative estimate of drug-likeness (QED) is 0.786. The van der Waals surface area contributed by atoms with Crippen LogP contribution in [0.25, 0.3) is 0 Å². The van der Waals surface area contributed by atoms with Crippen LogP contribution >= 0.6 is 15.9 Å². The molecule has 1 aromatic carbocycles. The topological polar surface area (TPSA) is 20.3 Å². The average molecular weight is 296 g/mol. The Kier molecular flexibility index (Phi) is 3.87. The predicted molar refractivity (Wildman–Crippen MR) is 74.8 cm³/mol. The monoisotopic (exact) mass is 295 g/mol. The largest absolute Gasteiger partial charge is 0.373 e. The average Bonchev–Trinajstić information content (AvgIpc) is 2.22. The number of anilines is 1. The molecule has 1 saturated carbocycles. The van der Waals surface area contributed by atoms with Crippen LogP contribution in [0.15, 0.2) is 22.7 Å². The van der Waals surface area contributed by atoms with Crippen LogP contribution in [0.2, 0.25) is 0 Å². The number of hydrogen-bond donors (Lipinski definition) is 0. The normalized spacial score (nSPS) is 15.5. The Balaban J connectivity index is 2.11. The maximum atomic E-state index is 11.3. The van der Waals surface area contributed by atoms with Crippen LogP contribution in [-0.2, 0) is 0 Å². The standard InChI is InChI=1S/C14H18BrNO/c1-10(17)12-6-7-14(13(15)8-12)16(2)9-11-4-3-5-11/h6-8,11H,3-5,9H2,1-2H3. The molecule has 0 saturated heterocycles. The zero-order chi connectivity index (χ0) is 12.4. The molecule has 0 N–H and O–H groups in total. The number of rotatable bonds is 4. The molecular formula is C14H18BrNO. The maximum Gasteiger partial charge on any atom is 0.159 e. The van der Waals surface area contributed by atoms with Gasteiger partial charge in [0, 0.05) is 23.6 Å². The second-order valence-electron chi connectivity index (χ2n) is 4.90. The Bertz CT molecular complexity index is 426. The molecule has 0 spiro atoms. The first-order valence-corrected chi connectivity index (χ1v) is 6.89. The van der Waals surface area contributed by atoms with E-state index in [4.69, 9.17) is 0 Å². The first kappa shape index (κ1) is 12.6. The summed E-state index contributed by atoms with van der Waals surface area (Å²) in [6.07, 6.45) is 4.09. The van der Waals surface area contributed by atoms with Crippen LogP contribution in [0.4, 0.5) is 5.69 Å². The van der Waals surface area contributed by atoms with Crippen molar-refractivity contribution in [1.82, 2.24) is 0 Å². The van der Waals surface area contributed by atoms with E-state index in [9.17, 15) is 4.79 Å². The molecule has 3 heteroatoms. The molecule has 2 nitrogen and oxygen atoms in total. The first-order valence-electron chi connectivity index (χ1n) is 6.09. The van der Waals surface area contributed by atoms with Gasteiger partial charge in [-0.2, -0.15) is 0 Å². The maximum absolute atomic E-state index is 11.3. The lowest BCUT2D eigenvalue weighted by Gasteiger charge is -2.31. The molecule has 92 valence electrons. The molecule has 0 amide bonds. The summed E-state index contributed by atoms with van der Waals surface area (Å²) in [7, 11) is 2.12. The molecule has 2 rings (SSSR count). The molecule has 0 aromatic heterocycles. The Morgan fingerprint density at radius 3 is 2.65 bits per heavy atom. The van der Waals surface area contributed by atoms with Crippen molar-refractivity contribution in [2.24, 2.45) is 5.92 Å². The van der Waals surface area contributed by atoms with E-state index >= 15 is 0 Å². The molecular weight excluding hydrogens is 278 g/mol. The van der Waals surface area contributed by atoms with Gasteiger partial charge in [-0.3, -0.25) is 4.79 Å². The molecule has 0 unspecified atom stereocenters. The summed E-state index contributed by atoms with van der Waals surface area (Å²) in [5.74, 6) is 0.957. The van der Waals surface area contributed by atoms with Gasteiger partial charge in [0.15, 0.2) is 5.78 Å². The highest BCUT2D eigenvalue weighted by Gasteiger charge is 2.20. The van der Waals surface area contributed by atoms with Crippen LogP contribution < -0.4 is 4.90 Å². The summed E-state index contributed by atoms with van der Waals surface area (Å²) in [5, 5.41) is 0. The first-order chi connectivity index (χ1) is 8.08. The number of nitrogens with zero attached hydrogens (tertiary/aromatic N) is 1. The third kappa shape index (κ3) is 2.89. The van der Waals surface area contributed by atoms with Crippen LogP contribution in [0.3, 0.4) is 0 Å². The lowest BCUT2D eigenvalue weighted by Crippen LogP contribution is -2.29. The third-order valence-electron chi connectivity index (χ3n) is 3.52. The van der Waals surface area contributed by atoms with E-state index in [-0.39, 0.29) is 5.78 Å². The summed E-state index contributed by atoms with van der Waals surface area (Å²) < 4.78 is 1.01. The van der Waals surface area contributed by atoms with Crippen LogP contribution in [0.5, 0.6) is 0 Å². The zero-order valence-corrected chi connectivity index (χ0v) is 12.0. The molecule has 0 aliphatic heterocycles. The van der Waals surface area contributed by atoms with Gasteiger partial charge in [-0.1, -0.05) is 6.42 Å². The smallest absolute Gasteiger partial charge is 0.159 e.